The monoisotopic (exact) mass is 262 g/mol. The Morgan fingerprint density at radius 2 is 1.58 bits per heavy atom. The second kappa shape index (κ2) is 5.26. The van der Waals surface area contributed by atoms with E-state index in [1.54, 1.807) is 0 Å². The first-order chi connectivity index (χ1) is 9.02. The van der Waals surface area contributed by atoms with Gasteiger partial charge < -0.3 is 20.8 Å². The smallest absolute Gasteiger partial charge is 0.323 e. The van der Waals surface area contributed by atoms with Crippen LogP contribution in [-0.4, -0.2) is 16.2 Å². The van der Waals surface area contributed by atoms with Gasteiger partial charge in [0.15, 0.2) is 0 Å². The molecular formula is C13H11FN2O3. The molecule has 2 amide bonds. The first-order valence-corrected chi connectivity index (χ1v) is 5.39. The summed E-state index contributed by atoms with van der Waals surface area (Å²) < 4.78 is 12.9. The Labute approximate surface area is 108 Å². The van der Waals surface area contributed by atoms with Crippen molar-refractivity contribution in [3.05, 3.63) is 48.3 Å². The van der Waals surface area contributed by atoms with Gasteiger partial charge in [-0.1, -0.05) is 6.07 Å². The van der Waals surface area contributed by atoms with Gasteiger partial charge in [0.25, 0.3) is 0 Å². The third-order valence-corrected chi connectivity index (χ3v) is 2.24. The van der Waals surface area contributed by atoms with E-state index in [2.05, 4.69) is 10.6 Å². The predicted octanol–water partition coefficient (Wildman–Crippen LogP) is 2.88. The van der Waals surface area contributed by atoms with Crippen LogP contribution >= 0.6 is 0 Å². The van der Waals surface area contributed by atoms with Crippen molar-refractivity contribution in [2.75, 3.05) is 10.6 Å². The van der Waals surface area contributed by atoms with E-state index in [-0.39, 0.29) is 17.2 Å². The van der Waals surface area contributed by atoms with Crippen LogP contribution in [0.4, 0.5) is 20.6 Å². The maximum absolute atomic E-state index is 12.9. The molecular weight excluding hydrogens is 251 g/mol. The second-order valence-electron chi connectivity index (χ2n) is 3.83. The first-order valence-electron chi connectivity index (χ1n) is 5.39. The summed E-state index contributed by atoms with van der Waals surface area (Å²) in [6, 6.07) is 8.48. The van der Waals surface area contributed by atoms with Gasteiger partial charge in [-0.05, 0) is 18.2 Å². The summed E-state index contributed by atoms with van der Waals surface area (Å²) in [6.07, 6.45) is 0. The molecule has 19 heavy (non-hydrogen) atoms. The zero-order valence-electron chi connectivity index (χ0n) is 9.72. The Bertz CT molecular complexity index is 596. The van der Waals surface area contributed by atoms with Gasteiger partial charge >= 0.3 is 6.03 Å². The van der Waals surface area contributed by atoms with Crippen LogP contribution in [0.3, 0.4) is 0 Å². The molecule has 6 heteroatoms. The zero-order chi connectivity index (χ0) is 13.8. The third kappa shape index (κ3) is 3.60. The molecule has 2 aromatic carbocycles. The van der Waals surface area contributed by atoms with E-state index in [1.165, 1.54) is 36.4 Å². The maximum Gasteiger partial charge on any atom is 0.323 e. The number of phenolic OH excluding ortho intramolecular Hbond substituents is 2. The molecule has 98 valence electrons. The minimum Gasteiger partial charge on any atom is -0.508 e. The van der Waals surface area contributed by atoms with Crippen molar-refractivity contribution in [2.24, 2.45) is 0 Å². The fourth-order valence-corrected chi connectivity index (χ4v) is 1.53. The van der Waals surface area contributed by atoms with Gasteiger partial charge in [0.1, 0.15) is 17.3 Å². The van der Waals surface area contributed by atoms with Crippen LogP contribution < -0.4 is 10.6 Å². The molecule has 0 spiro atoms. The number of urea groups is 1. The molecule has 0 aromatic heterocycles. The largest absolute Gasteiger partial charge is 0.508 e. The molecule has 0 atom stereocenters. The SMILES string of the molecule is O=C(Nc1cc(O)cc(O)c1)Nc1cccc(F)c1. The van der Waals surface area contributed by atoms with Crippen LogP contribution in [-0.2, 0) is 0 Å². The number of nitrogens with one attached hydrogen (secondary N) is 2. The van der Waals surface area contributed by atoms with Gasteiger partial charge in [-0.2, -0.15) is 0 Å². The van der Waals surface area contributed by atoms with E-state index in [0.717, 1.165) is 6.07 Å². The number of carbonyl (C=O) groups excluding carboxylic acids is 1. The molecule has 0 bridgehead atoms. The number of hydrogen-bond acceptors (Lipinski definition) is 3. The molecule has 2 aromatic rings. The van der Waals surface area contributed by atoms with Crippen molar-refractivity contribution in [1.29, 1.82) is 0 Å². The summed E-state index contributed by atoms with van der Waals surface area (Å²) in [4.78, 5) is 11.6. The van der Waals surface area contributed by atoms with Gasteiger partial charge in [0.2, 0.25) is 0 Å². The van der Waals surface area contributed by atoms with Crippen LogP contribution in [0.1, 0.15) is 0 Å². The molecule has 0 heterocycles. The number of aromatic hydroxyl groups is 2. The number of phenols is 2. The van der Waals surface area contributed by atoms with E-state index in [9.17, 15) is 19.4 Å². The van der Waals surface area contributed by atoms with Gasteiger partial charge in [-0.15, -0.1) is 0 Å². The highest BCUT2D eigenvalue weighted by molar-refractivity contribution is 5.99. The third-order valence-electron chi connectivity index (χ3n) is 2.24. The number of anilines is 2. The Morgan fingerprint density at radius 1 is 0.947 bits per heavy atom. The van der Waals surface area contributed by atoms with Gasteiger partial charge in [-0.3, -0.25) is 0 Å². The Morgan fingerprint density at radius 3 is 2.21 bits per heavy atom. The van der Waals surface area contributed by atoms with Crippen LogP contribution in [0.15, 0.2) is 42.5 Å². The lowest BCUT2D eigenvalue weighted by Crippen LogP contribution is -2.19. The number of hydrogen-bond donors (Lipinski definition) is 4. The normalized spacial score (nSPS) is 9.95. The van der Waals surface area contributed by atoms with E-state index >= 15 is 0 Å². The summed E-state index contributed by atoms with van der Waals surface area (Å²) >= 11 is 0. The molecule has 0 saturated carbocycles. The highest BCUT2D eigenvalue weighted by Crippen LogP contribution is 2.24. The minimum atomic E-state index is -0.615. The molecule has 0 fully saturated rings. The Kier molecular flexibility index (Phi) is 3.51. The predicted molar refractivity (Wildman–Crippen MR) is 68.8 cm³/mol. The minimum absolute atomic E-state index is 0.180. The lowest BCUT2D eigenvalue weighted by atomic mass is 10.3. The van der Waals surface area contributed by atoms with Gasteiger partial charge in [0.05, 0.1) is 0 Å². The van der Waals surface area contributed by atoms with E-state index in [0.29, 0.717) is 5.69 Å². The second-order valence-corrected chi connectivity index (χ2v) is 3.83. The van der Waals surface area contributed by atoms with Gasteiger partial charge in [-0.25, -0.2) is 9.18 Å². The number of carbonyl (C=O) groups is 1. The average Bonchev–Trinajstić information content (AvgIpc) is 2.26. The zero-order valence-corrected chi connectivity index (χ0v) is 9.72. The van der Waals surface area contributed by atoms with Crippen molar-refractivity contribution in [2.45, 2.75) is 0 Å². The van der Waals surface area contributed by atoms with Crippen LogP contribution in [0.5, 0.6) is 11.5 Å². The van der Waals surface area contributed by atoms with Crippen molar-refractivity contribution in [3.63, 3.8) is 0 Å². The Balaban J connectivity index is 2.05. The van der Waals surface area contributed by atoms with E-state index in [1.807, 2.05) is 0 Å². The summed E-state index contributed by atoms with van der Waals surface area (Å²) in [7, 11) is 0. The van der Waals surface area contributed by atoms with E-state index < -0.39 is 11.8 Å². The molecule has 0 aliphatic carbocycles. The molecule has 0 unspecified atom stereocenters. The summed E-state index contributed by atoms with van der Waals surface area (Å²) in [5.74, 6) is -0.824. The molecule has 0 radical (unpaired) electrons. The quantitative estimate of drug-likeness (QED) is 0.671. The Hall–Kier alpha value is -2.76. The summed E-state index contributed by atoms with van der Waals surface area (Å²) in [5, 5.41) is 23.3. The van der Waals surface area contributed by atoms with Crippen LogP contribution in [0, 0.1) is 5.82 Å². The topological polar surface area (TPSA) is 81.6 Å². The molecule has 0 aliphatic rings. The first kappa shape index (κ1) is 12.7. The molecule has 5 nitrogen and oxygen atoms in total. The maximum atomic E-state index is 12.9. The number of amides is 2. The number of rotatable bonds is 2. The average molecular weight is 262 g/mol. The van der Waals surface area contributed by atoms with Crippen molar-refractivity contribution >= 4 is 17.4 Å². The van der Waals surface area contributed by atoms with Crippen molar-refractivity contribution < 1.29 is 19.4 Å². The fourth-order valence-electron chi connectivity index (χ4n) is 1.53. The highest BCUT2D eigenvalue weighted by Gasteiger charge is 2.05. The molecule has 4 N–H and O–H groups in total. The number of halogens is 1. The summed E-state index contributed by atoms with van der Waals surface area (Å²) in [5.41, 5.74) is 0.508. The highest BCUT2D eigenvalue weighted by atomic mass is 19.1. The van der Waals surface area contributed by atoms with Crippen LogP contribution in [0.2, 0.25) is 0 Å². The van der Waals surface area contributed by atoms with E-state index in [4.69, 9.17) is 0 Å². The number of benzene rings is 2. The standard InChI is InChI=1S/C13H11FN2O3/c14-8-2-1-3-9(4-8)15-13(19)16-10-5-11(17)7-12(18)6-10/h1-7,17-18H,(H2,15,16,19). The lowest BCUT2D eigenvalue weighted by Gasteiger charge is -2.08. The van der Waals surface area contributed by atoms with Gasteiger partial charge in [0, 0.05) is 29.6 Å². The fraction of sp³-hybridized carbons (Fsp3) is 0. The van der Waals surface area contributed by atoms with Crippen molar-refractivity contribution in [3.8, 4) is 11.5 Å². The molecule has 0 aliphatic heterocycles. The van der Waals surface area contributed by atoms with Crippen LogP contribution in [0.25, 0.3) is 0 Å². The lowest BCUT2D eigenvalue weighted by molar-refractivity contribution is 0.262. The molecule has 0 saturated heterocycles. The summed E-state index contributed by atoms with van der Waals surface area (Å²) in [6.45, 7) is 0. The molecule has 2 rings (SSSR count). The van der Waals surface area contributed by atoms with Crippen molar-refractivity contribution in [1.82, 2.24) is 0 Å².